The molecule has 0 unspecified atom stereocenters. The Kier molecular flexibility index (Phi) is 6.17. The van der Waals surface area contributed by atoms with E-state index in [2.05, 4.69) is 9.88 Å². The maximum Gasteiger partial charge on any atom is 0.331 e. The summed E-state index contributed by atoms with van der Waals surface area (Å²) in [5.74, 6) is 0.229. The Morgan fingerprint density at radius 3 is 2.65 bits per heavy atom. The van der Waals surface area contributed by atoms with Gasteiger partial charge in [0.05, 0.1) is 18.4 Å². The molecule has 140 valence electrons. The van der Waals surface area contributed by atoms with Gasteiger partial charge in [-0.25, -0.2) is 17.9 Å². The first-order chi connectivity index (χ1) is 12.3. The SMILES string of the molecule is CNS(=O)(=O)c1cc(/C=C/C(=O)OCc2c(C)noc2C)ccc1OC. The van der Waals surface area contributed by atoms with Crippen molar-refractivity contribution in [3.8, 4) is 5.75 Å². The van der Waals surface area contributed by atoms with E-state index in [-0.39, 0.29) is 17.3 Å². The molecule has 0 aliphatic heterocycles. The summed E-state index contributed by atoms with van der Waals surface area (Å²) in [5, 5.41) is 3.79. The van der Waals surface area contributed by atoms with Gasteiger partial charge in [0, 0.05) is 6.08 Å². The van der Waals surface area contributed by atoms with Gasteiger partial charge in [0.15, 0.2) is 0 Å². The number of rotatable bonds is 7. The summed E-state index contributed by atoms with van der Waals surface area (Å²) in [4.78, 5) is 11.9. The molecule has 1 heterocycles. The smallest absolute Gasteiger partial charge is 0.331 e. The molecule has 0 aliphatic rings. The van der Waals surface area contributed by atoms with Crippen LogP contribution in [0.3, 0.4) is 0 Å². The van der Waals surface area contributed by atoms with Crippen LogP contribution in [-0.4, -0.2) is 33.7 Å². The fraction of sp³-hybridized carbons (Fsp3) is 0.294. The highest BCUT2D eigenvalue weighted by atomic mass is 32.2. The van der Waals surface area contributed by atoms with Crippen LogP contribution in [0, 0.1) is 13.8 Å². The third-order valence-electron chi connectivity index (χ3n) is 3.70. The molecule has 2 aromatic rings. The molecular weight excluding hydrogens is 360 g/mol. The number of methoxy groups -OCH3 is 1. The van der Waals surface area contributed by atoms with Crippen molar-refractivity contribution in [3.63, 3.8) is 0 Å². The number of aromatic nitrogens is 1. The molecule has 1 N–H and O–H groups in total. The molecule has 0 aliphatic carbocycles. The minimum Gasteiger partial charge on any atom is -0.495 e. The lowest BCUT2D eigenvalue weighted by Crippen LogP contribution is -2.19. The molecule has 0 spiro atoms. The summed E-state index contributed by atoms with van der Waals surface area (Å²) >= 11 is 0. The van der Waals surface area contributed by atoms with Gasteiger partial charge in [-0.1, -0.05) is 11.2 Å². The van der Waals surface area contributed by atoms with Crippen LogP contribution in [0.15, 0.2) is 33.7 Å². The number of nitrogens with zero attached hydrogens (tertiary/aromatic N) is 1. The van der Waals surface area contributed by atoms with Gasteiger partial charge in [-0.15, -0.1) is 0 Å². The zero-order valence-electron chi connectivity index (χ0n) is 14.9. The number of carbonyl (C=O) groups excluding carboxylic acids is 1. The van der Waals surface area contributed by atoms with E-state index in [0.717, 1.165) is 5.56 Å². The Hall–Kier alpha value is -2.65. The zero-order valence-corrected chi connectivity index (χ0v) is 15.7. The van der Waals surface area contributed by atoms with E-state index < -0.39 is 16.0 Å². The average Bonchev–Trinajstić information content (AvgIpc) is 2.95. The number of carbonyl (C=O) groups is 1. The lowest BCUT2D eigenvalue weighted by molar-refractivity contribution is -0.138. The topological polar surface area (TPSA) is 108 Å². The molecule has 0 saturated heterocycles. The van der Waals surface area contributed by atoms with E-state index in [9.17, 15) is 13.2 Å². The van der Waals surface area contributed by atoms with Gasteiger partial charge in [0.2, 0.25) is 10.0 Å². The second-order valence-electron chi connectivity index (χ2n) is 5.36. The van der Waals surface area contributed by atoms with E-state index in [4.69, 9.17) is 14.0 Å². The minimum atomic E-state index is -3.69. The molecule has 26 heavy (non-hydrogen) atoms. The lowest BCUT2D eigenvalue weighted by Gasteiger charge is -2.09. The molecule has 2 rings (SSSR count). The zero-order chi connectivity index (χ0) is 19.3. The number of nitrogens with one attached hydrogen (secondary N) is 1. The van der Waals surface area contributed by atoms with E-state index >= 15 is 0 Å². The fourth-order valence-corrected chi connectivity index (χ4v) is 3.11. The van der Waals surface area contributed by atoms with Crippen LogP contribution in [0.4, 0.5) is 0 Å². The molecule has 0 radical (unpaired) electrons. The second-order valence-corrected chi connectivity index (χ2v) is 7.22. The van der Waals surface area contributed by atoms with Crippen molar-refractivity contribution < 1.29 is 27.2 Å². The molecule has 8 nitrogen and oxygen atoms in total. The molecule has 0 saturated carbocycles. The van der Waals surface area contributed by atoms with Gasteiger partial charge in [-0.05, 0) is 44.7 Å². The minimum absolute atomic E-state index is 0.0197. The number of esters is 1. The summed E-state index contributed by atoms with van der Waals surface area (Å²) in [7, 11) is -1.00. The third kappa shape index (κ3) is 4.50. The van der Waals surface area contributed by atoms with E-state index in [1.807, 2.05) is 0 Å². The largest absolute Gasteiger partial charge is 0.495 e. The summed E-state index contributed by atoms with van der Waals surface area (Å²) in [6.07, 6.45) is 2.68. The Labute approximate surface area is 151 Å². The Morgan fingerprint density at radius 1 is 1.35 bits per heavy atom. The van der Waals surface area contributed by atoms with Gasteiger partial charge >= 0.3 is 5.97 Å². The van der Waals surface area contributed by atoms with Crippen molar-refractivity contribution in [1.82, 2.24) is 9.88 Å². The van der Waals surface area contributed by atoms with Crippen LogP contribution in [0.25, 0.3) is 6.08 Å². The van der Waals surface area contributed by atoms with Crippen molar-refractivity contribution in [2.45, 2.75) is 25.3 Å². The van der Waals surface area contributed by atoms with Crippen molar-refractivity contribution in [2.75, 3.05) is 14.2 Å². The summed E-state index contributed by atoms with van der Waals surface area (Å²) < 4.78 is 41.5. The van der Waals surface area contributed by atoms with Crippen molar-refractivity contribution >= 4 is 22.1 Å². The Morgan fingerprint density at radius 2 is 2.08 bits per heavy atom. The van der Waals surface area contributed by atoms with Crippen LogP contribution in [-0.2, 0) is 26.2 Å². The van der Waals surface area contributed by atoms with Crippen molar-refractivity contribution in [2.24, 2.45) is 0 Å². The van der Waals surface area contributed by atoms with Crippen molar-refractivity contribution in [1.29, 1.82) is 0 Å². The molecular formula is C17H20N2O6S. The first-order valence-electron chi connectivity index (χ1n) is 7.66. The summed E-state index contributed by atoms with van der Waals surface area (Å²) in [6.45, 7) is 3.54. The first-order valence-corrected chi connectivity index (χ1v) is 9.15. The van der Waals surface area contributed by atoms with E-state index in [0.29, 0.717) is 17.0 Å². The first kappa shape index (κ1) is 19.7. The van der Waals surface area contributed by atoms with E-state index in [1.165, 1.54) is 38.4 Å². The molecule has 0 amide bonds. The summed E-state index contributed by atoms with van der Waals surface area (Å²) in [5.41, 5.74) is 1.89. The van der Waals surface area contributed by atoms with Gasteiger partial charge in [-0.2, -0.15) is 0 Å². The quantitative estimate of drug-likeness (QED) is 0.578. The third-order valence-corrected chi connectivity index (χ3v) is 5.13. The van der Waals surface area contributed by atoms with Crippen LogP contribution < -0.4 is 9.46 Å². The molecule has 1 aromatic heterocycles. The molecule has 0 bridgehead atoms. The van der Waals surface area contributed by atoms with E-state index in [1.54, 1.807) is 19.9 Å². The summed E-state index contributed by atoms with van der Waals surface area (Å²) in [6, 6.07) is 4.55. The Balaban J connectivity index is 2.12. The highest BCUT2D eigenvalue weighted by Gasteiger charge is 2.17. The maximum atomic E-state index is 12.0. The van der Waals surface area contributed by atoms with Gasteiger partial charge < -0.3 is 14.0 Å². The van der Waals surface area contributed by atoms with Crippen LogP contribution in [0.1, 0.15) is 22.6 Å². The predicted octanol–water partition coefficient (Wildman–Crippen LogP) is 1.96. The predicted molar refractivity (Wildman–Crippen MR) is 94.0 cm³/mol. The highest BCUT2D eigenvalue weighted by molar-refractivity contribution is 7.89. The second kappa shape index (κ2) is 8.15. The van der Waals surface area contributed by atoms with Crippen LogP contribution in [0.5, 0.6) is 5.75 Å². The van der Waals surface area contributed by atoms with Gasteiger partial charge in [0.1, 0.15) is 23.0 Å². The average molecular weight is 380 g/mol. The number of benzene rings is 1. The van der Waals surface area contributed by atoms with Crippen molar-refractivity contribution in [3.05, 3.63) is 46.9 Å². The Bertz CT molecular complexity index is 911. The number of hydrogen-bond donors (Lipinski definition) is 1. The van der Waals surface area contributed by atoms with Gasteiger partial charge in [-0.3, -0.25) is 0 Å². The monoisotopic (exact) mass is 380 g/mol. The van der Waals surface area contributed by atoms with Gasteiger partial charge in [0.25, 0.3) is 0 Å². The number of ether oxygens (including phenoxy) is 2. The molecule has 0 fully saturated rings. The standard InChI is InChI=1S/C17H20N2O6S/c1-11-14(12(2)25-19-11)10-24-17(20)8-6-13-5-7-15(23-4)16(9-13)26(21,22)18-3/h5-9,18H,10H2,1-4H3/b8-6+. The number of hydrogen-bond acceptors (Lipinski definition) is 7. The van der Waals surface area contributed by atoms with Crippen LogP contribution in [0.2, 0.25) is 0 Å². The highest BCUT2D eigenvalue weighted by Crippen LogP contribution is 2.25. The molecule has 0 atom stereocenters. The number of sulfonamides is 1. The normalized spacial score (nSPS) is 11.7. The fourth-order valence-electron chi connectivity index (χ4n) is 2.18. The van der Waals surface area contributed by atoms with Crippen LogP contribution >= 0.6 is 0 Å². The lowest BCUT2D eigenvalue weighted by atomic mass is 10.2. The molecule has 9 heteroatoms. The number of aryl methyl sites for hydroxylation is 2. The molecule has 1 aromatic carbocycles. The maximum absolute atomic E-state index is 12.0.